The van der Waals surface area contributed by atoms with Gasteiger partial charge in [-0.05, 0) is 56.4 Å². The molecule has 2 amide bonds. The standard InChI is InChI=1S/C22H30N2O2/c1-17(18-6-3-2-4-7-18)21(26)23-14-12-22(13-15-23)11-10-20(25)24(16-22)19-8-5-9-19/h2-4,6-7,17,19H,5,8-16H2,1H3. The van der Waals surface area contributed by atoms with Crippen LogP contribution in [0.3, 0.4) is 0 Å². The summed E-state index contributed by atoms with van der Waals surface area (Å²) in [6, 6.07) is 10.6. The monoisotopic (exact) mass is 354 g/mol. The summed E-state index contributed by atoms with van der Waals surface area (Å²) in [4.78, 5) is 29.5. The first-order valence-electron chi connectivity index (χ1n) is 10.2. The molecule has 1 saturated carbocycles. The van der Waals surface area contributed by atoms with Gasteiger partial charge in [-0.25, -0.2) is 0 Å². The molecule has 0 N–H and O–H groups in total. The Morgan fingerprint density at radius 1 is 1.12 bits per heavy atom. The molecule has 4 nitrogen and oxygen atoms in total. The average molecular weight is 354 g/mol. The molecule has 2 aliphatic heterocycles. The molecule has 4 heteroatoms. The second-order valence-corrected chi connectivity index (χ2v) is 8.56. The lowest BCUT2D eigenvalue weighted by Crippen LogP contribution is -2.56. The summed E-state index contributed by atoms with van der Waals surface area (Å²) >= 11 is 0. The van der Waals surface area contributed by atoms with E-state index in [4.69, 9.17) is 0 Å². The zero-order chi connectivity index (χ0) is 18.1. The Morgan fingerprint density at radius 3 is 2.42 bits per heavy atom. The molecule has 1 spiro atoms. The number of benzene rings is 1. The molecule has 1 aliphatic carbocycles. The molecule has 1 atom stereocenters. The van der Waals surface area contributed by atoms with Gasteiger partial charge in [0.2, 0.25) is 11.8 Å². The van der Waals surface area contributed by atoms with Crippen LogP contribution in [0.5, 0.6) is 0 Å². The first-order chi connectivity index (χ1) is 12.6. The van der Waals surface area contributed by atoms with Gasteiger partial charge in [0.1, 0.15) is 0 Å². The smallest absolute Gasteiger partial charge is 0.229 e. The number of hydrogen-bond donors (Lipinski definition) is 0. The summed E-state index contributed by atoms with van der Waals surface area (Å²) in [6.45, 7) is 4.61. The zero-order valence-electron chi connectivity index (χ0n) is 15.8. The first kappa shape index (κ1) is 17.6. The maximum atomic E-state index is 12.9. The Morgan fingerprint density at radius 2 is 1.81 bits per heavy atom. The highest BCUT2D eigenvalue weighted by atomic mass is 16.2. The van der Waals surface area contributed by atoms with Gasteiger partial charge in [0.25, 0.3) is 0 Å². The van der Waals surface area contributed by atoms with Gasteiger partial charge in [-0.3, -0.25) is 9.59 Å². The van der Waals surface area contributed by atoms with E-state index in [0.29, 0.717) is 18.4 Å². The van der Waals surface area contributed by atoms with E-state index in [1.807, 2.05) is 42.2 Å². The molecular formula is C22H30N2O2. The van der Waals surface area contributed by atoms with Crippen molar-refractivity contribution < 1.29 is 9.59 Å². The van der Waals surface area contributed by atoms with Crippen LogP contribution in [0.1, 0.15) is 63.4 Å². The summed E-state index contributed by atoms with van der Waals surface area (Å²) in [5, 5.41) is 0. The zero-order valence-corrected chi connectivity index (χ0v) is 15.8. The fourth-order valence-electron chi connectivity index (χ4n) is 4.84. The third-order valence-electron chi connectivity index (χ3n) is 7.02. The number of nitrogens with zero attached hydrogens (tertiary/aromatic N) is 2. The lowest BCUT2D eigenvalue weighted by Gasteiger charge is -2.51. The van der Waals surface area contributed by atoms with Crippen molar-refractivity contribution in [3.8, 4) is 0 Å². The van der Waals surface area contributed by atoms with E-state index in [0.717, 1.165) is 44.5 Å². The van der Waals surface area contributed by atoms with E-state index < -0.39 is 0 Å². The molecule has 3 aliphatic rings. The predicted octanol–water partition coefficient (Wildman–Crippen LogP) is 3.57. The van der Waals surface area contributed by atoms with Crippen LogP contribution in [-0.2, 0) is 9.59 Å². The predicted molar refractivity (Wildman–Crippen MR) is 102 cm³/mol. The average Bonchev–Trinajstić information content (AvgIpc) is 2.64. The number of likely N-dealkylation sites (tertiary alicyclic amines) is 2. The van der Waals surface area contributed by atoms with Gasteiger partial charge >= 0.3 is 0 Å². The Kier molecular flexibility index (Phi) is 4.76. The van der Waals surface area contributed by atoms with E-state index >= 15 is 0 Å². The maximum Gasteiger partial charge on any atom is 0.229 e. The van der Waals surface area contributed by atoms with Crippen LogP contribution in [0.4, 0.5) is 0 Å². The Balaban J connectivity index is 1.37. The molecule has 1 unspecified atom stereocenters. The van der Waals surface area contributed by atoms with Gasteiger partial charge in [0.15, 0.2) is 0 Å². The van der Waals surface area contributed by atoms with E-state index in [-0.39, 0.29) is 17.2 Å². The molecule has 3 fully saturated rings. The second kappa shape index (κ2) is 7.05. The van der Waals surface area contributed by atoms with Crippen LogP contribution in [0.2, 0.25) is 0 Å². The summed E-state index contributed by atoms with van der Waals surface area (Å²) in [6.07, 6.45) is 7.41. The molecule has 0 bridgehead atoms. The quantitative estimate of drug-likeness (QED) is 0.832. The van der Waals surface area contributed by atoms with Crippen molar-refractivity contribution in [1.82, 2.24) is 9.80 Å². The minimum absolute atomic E-state index is 0.0790. The highest BCUT2D eigenvalue weighted by molar-refractivity contribution is 5.83. The van der Waals surface area contributed by atoms with Crippen LogP contribution >= 0.6 is 0 Å². The molecule has 0 radical (unpaired) electrons. The molecule has 140 valence electrons. The minimum atomic E-state index is -0.0790. The summed E-state index contributed by atoms with van der Waals surface area (Å²) in [5.41, 5.74) is 1.34. The molecule has 26 heavy (non-hydrogen) atoms. The number of carbonyl (C=O) groups excluding carboxylic acids is 2. The summed E-state index contributed by atoms with van der Waals surface area (Å²) < 4.78 is 0. The first-order valence-corrected chi connectivity index (χ1v) is 10.2. The number of carbonyl (C=O) groups is 2. The fourth-order valence-corrected chi connectivity index (χ4v) is 4.84. The fraction of sp³-hybridized carbons (Fsp3) is 0.636. The maximum absolute atomic E-state index is 12.9. The topological polar surface area (TPSA) is 40.6 Å². The molecular weight excluding hydrogens is 324 g/mol. The summed E-state index contributed by atoms with van der Waals surface area (Å²) in [5.74, 6) is 0.523. The number of hydrogen-bond acceptors (Lipinski definition) is 2. The molecule has 1 aromatic rings. The van der Waals surface area contributed by atoms with Gasteiger partial charge in [-0.2, -0.15) is 0 Å². The number of amides is 2. The van der Waals surface area contributed by atoms with E-state index in [9.17, 15) is 9.59 Å². The highest BCUT2D eigenvalue weighted by Gasteiger charge is 2.44. The molecule has 2 heterocycles. The van der Waals surface area contributed by atoms with Crippen molar-refractivity contribution in [3.05, 3.63) is 35.9 Å². The van der Waals surface area contributed by atoms with Gasteiger partial charge in [-0.15, -0.1) is 0 Å². The third-order valence-corrected chi connectivity index (χ3v) is 7.02. The van der Waals surface area contributed by atoms with Crippen molar-refractivity contribution >= 4 is 11.8 Å². The van der Waals surface area contributed by atoms with Crippen molar-refractivity contribution in [3.63, 3.8) is 0 Å². The number of piperidine rings is 2. The SMILES string of the molecule is CC(C(=O)N1CCC2(CCC(=O)N(C3CCC3)C2)CC1)c1ccccc1. The van der Waals surface area contributed by atoms with Crippen molar-refractivity contribution in [2.45, 2.75) is 63.8 Å². The Hall–Kier alpha value is -1.84. The second-order valence-electron chi connectivity index (χ2n) is 8.56. The van der Waals surface area contributed by atoms with Crippen molar-refractivity contribution in [1.29, 1.82) is 0 Å². The Labute approximate surface area is 156 Å². The number of rotatable bonds is 3. The van der Waals surface area contributed by atoms with Crippen LogP contribution in [-0.4, -0.2) is 47.3 Å². The van der Waals surface area contributed by atoms with Gasteiger partial charge < -0.3 is 9.80 Å². The van der Waals surface area contributed by atoms with Gasteiger partial charge in [0, 0.05) is 32.1 Å². The van der Waals surface area contributed by atoms with E-state index in [1.54, 1.807) is 0 Å². The summed E-state index contributed by atoms with van der Waals surface area (Å²) in [7, 11) is 0. The van der Waals surface area contributed by atoms with Crippen molar-refractivity contribution in [2.24, 2.45) is 5.41 Å². The lowest BCUT2D eigenvalue weighted by atomic mass is 9.71. The highest BCUT2D eigenvalue weighted by Crippen LogP contribution is 2.43. The third kappa shape index (κ3) is 3.26. The van der Waals surface area contributed by atoms with Gasteiger partial charge in [-0.1, -0.05) is 30.3 Å². The lowest BCUT2D eigenvalue weighted by molar-refractivity contribution is -0.147. The van der Waals surface area contributed by atoms with Crippen LogP contribution in [0.25, 0.3) is 0 Å². The molecule has 4 rings (SSSR count). The van der Waals surface area contributed by atoms with Crippen LogP contribution < -0.4 is 0 Å². The molecule has 1 aromatic carbocycles. The van der Waals surface area contributed by atoms with Crippen LogP contribution in [0, 0.1) is 5.41 Å². The Bertz CT molecular complexity index is 660. The van der Waals surface area contributed by atoms with Crippen molar-refractivity contribution in [2.75, 3.05) is 19.6 Å². The molecule has 2 saturated heterocycles. The van der Waals surface area contributed by atoms with E-state index in [1.165, 1.54) is 19.3 Å². The largest absolute Gasteiger partial charge is 0.342 e. The normalized spacial score (nSPS) is 24.4. The van der Waals surface area contributed by atoms with Crippen LogP contribution in [0.15, 0.2) is 30.3 Å². The molecule has 0 aromatic heterocycles. The van der Waals surface area contributed by atoms with Gasteiger partial charge in [0.05, 0.1) is 5.92 Å². The minimum Gasteiger partial charge on any atom is -0.342 e. The van der Waals surface area contributed by atoms with E-state index in [2.05, 4.69) is 4.90 Å².